The first-order chi connectivity index (χ1) is 8.63. The third kappa shape index (κ3) is 3.01. The summed E-state index contributed by atoms with van der Waals surface area (Å²) in [4.78, 5) is 0. The summed E-state index contributed by atoms with van der Waals surface area (Å²) in [6, 6.07) is 7.79. The molecule has 0 heterocycles. The first kappa shape index (κ1) is 12.9. The van der Waals surface area contributed by atoms with Crippen LogP contribution in [0.2, 0.25) is 0 Å². The number of nitrogens with zero attached hydrogens (tertiary/aromatic N) is 1. The summed E-state index contributed by atoms with van der Waals surface area (Å²) >= 11 is 0. The summed E-state index contributed by atoms with van der Waals surface area (Å²) in [6.45, 7) is 3.11. The lowest BCUT2D eigenvalue weighted by molar-refractivity contribution is 0.318. The fraction of sp³-hybridized carbons (Fsp3) is 0.500. The van der Waals surface area contributed by atoms with Crippen molar-refractivity contribution in [2.24, 2.45) is 10.9 Å². The first-order valence-corrected chi connectivity index (χ1v) is 6.45. The van der Waals surface area contributed by atoms with Crippen molar-refractivity contribution in [2.75, 3.05) is 0 Å². The van der Waals surface area contributed by atoms with Crippen molar-refractivity contribution in [1.82, 2.24) is 5.32 Å². The standard InChI is InChI=1S/C14H21N3O/c1-14(7-2-3-8-14)16-10-11-5-4-6-12(9-11)13(15)17-18/h4-6,9,16,18H,2-3,7-8,10H2,1H3,(H2,15,17). The summed E-state index contributed by atoms with van der Waals surface area (Å²) in [5.74, 6) is 0.156. The SMILES string of the molecule is CC1(NCc2cccc(C(N)=NO)c2)CCCC1. The van der Waals surface area contributed by atoms with Crippen molar-refractivity contribution in [3.05, 3.63) is 35.4 Å². The van der Waals surface area contributed by atoms with Crippen LogP contribution < -0.4 is 11.1 Å². The highest BCUT2D eigenvalue weighted by atomic mass is 16.4. The lowest BCUT2D eigenvalue weighted by Gasteiger charge is -2.25. The first-order valence-electron chi connectivity index (χ1n) is 6.45. The second-order valence-electron chi connectivity index (χ2n) is 5.31. The number of oxime groups is 1. The number of amidine groups is 1. The molecule has 0 amide bonds. The molecule has 0 saturated heterocycles. The highest BCUT2D eigenvalue weighted by molar-refractivity contribution is 5.97. The predicted molar refractivity (Wildman–Crippen MR) is 72.7 cm³/mol. The molecule has 0 aromatic heterocycles. The molecular weight excluding hydrogens is 226 g/mol. The Labute approximate surface area is 108 Å². The third-order valence-electron chi connectivity index (χ3n) is 3.76. The lowest BCUT2D eigenvalue weighted by Crippen LogP contribution is -2.38. The summed E-state index contributed by atoms with van der Waals surface area (Å²) in [6.07, 6.45) is 5.11. The van der Waals surface area contributed by atoms with Gasteiger partial charge in [0.05, 0.1) is 0 Å². The Kier molecular flexibility index (Phi) is 3.87. The molecule has 98 valence electrons. The van der Waals surface area contributed by atoms with E-state index in [1.165, 1.54) is 25.7 Å². The van der Waals surface area contributed by atoms with Crippen molar-refractivity contribution < 1.29 is 5.21 Å². The molecule has 1 aliphatic rings. The summed E-state index contributed by atoms with van der Waals surface area (Å²) in [7, 11) is 0. The molecule has 0 unspecified atom stereocenters. The zero-order valence-corrected chi connectivity index (χ0v) is 10.8. The minimum atomic E-state index is 0.156. The van der Waals surface area contributed by atoms with E-state index in [0.717, 1.165) is 17.7 Å². The van der Waals surface area contributed by atoms with Crippen LogP contribution in [0.5, 0.6) is 0 Å². The van der Waals surface area contributed by atoms with Gasteiger partial charge in [0.2, 0.25) is 0 Å². The maximum absolute atomic E-state index is 8.67. The monoisotopic (exact) mass is 247 g/mol. The molecule has 1 aliphatic carbocycles. The van der Waals surface area contributed by atoms with Gasteiger partial charge < -0.3 is 16.3 Å². The van der Waals surface area contributed by atoms with Gasteiger partial charge >= 0.3 is 0 Å². The second kappa shape index (κ2) is 5.40. The number of rotatable bonds is 4. The van der Waals surface area contributed by atoms with Crippen LogP contribution in [-0.2, 0) is 6.54 Å². The third-order valence-corrected chi connectivity index (χ3v) is 3.76. The van der Waals surface area contributed by atoms with Crippen molar-refractivity contribution in [3.63, 3.8) is 0 Å². The molecule has 1 saturated carbocycles. The van der Waals surface area contributed by atoms with Crippen LogP contribution in [-0.4, -0.2) is 16.6 Å². The van der Waals surface area contributed by atoms with Crippen LogP contribution in [0.1, 0.15) is 43.7 Å². The van der Waals surface area contributed by atoms with Gasteiger partial charge in [-0.25, -0.2) is 0 Å². The molecule has 0 bridgehead atoms. The second-order valence-corrected chi connectivity index (χ2v) is 5.31. The van der Waals surface area contributed by atoms with Gasteiger partial charge in [-0.05, 0) is 31.4 Å². The van der Waals surface area contributed by atoms with E-state index in [2.05, 4.69) is 23.5 Å². The molecular formula is C14H21N3O. The average Bonchev–Trinajstić information content (AvgIpc) is 2.83. The molecule has 1 fully saturated rings. The fourth-order valence-electron chi connectivity index (χ4n) is 2.55. The van der Waals surface area contributed by atoms with Gasteiger partial charge in [-0.3, -0.25) is 0 Å². The average molecular weight is 247 g/mol. The highest BCUT2D eigenvalue weighted by Gasteiger charge is 2.27. The van der Waals surface area contributed by atoms with Crippen molar-refractivity contribution >= 4 is 5.84 Å². The van der Waals surface area contributed by atoms with Crippen molar-refractivity contribution in [1.29, 1.82) is 0 Å². The molecule has 4 N–H and O–H groups in total. The zero-order chi connectivity index (χ0) is 13.0. The molecule has 18 heavy (non-hydrogen) atoms. The summed E-state index contributed by atoms with van der Waals surface area (Å²) in [5.41, 5.74) is 7.77. The summed E-state index contributed by atoms with van der Waals surface area (Å²) < 4.78 is 0. The number of nitrogens with one attached hydrogen (secondary N) is 1. The highest BCUT2D eigenvalue weighted by Crippen LogP contribution is 2.29. The Morgan fingerprint density at radius 3 is 2.83 bits per heavy atom. The van der Waals surface area contributed by atoms with Crippen molar-refractivity contribution in [2.45, 2.75) is 44.7 Å². The number of nitrogens with two attached hydrogens (primary N) is 1. The van der Waals surface area contributed by atoms with Crippen LogP contribution in [0.4, 0.5) is 0 Å². The minimum absolute atomic E-state index is 0.156. The Morgan fingerprint density at radius 1 is 1.44 bits per heavy atom. The normalized spacial score (nSPS) is 19.1. The Bertz CT molecular complexity index is 436. The van der Waals surface area contributed by atoms with Gasteiger partial charge in [-0.1, -0.05) is 36.2 Å². The maximum Gasteiger partial charge on any atom is 0.170 e. The summed E-state index contributed by atoms with van der Waals surface area (Å²) in [5, 5.41) is 15.3. The molecule has 0 aliphatic heterocycles. The van der Waals surface area contributed by atoms with Crippen LogP contribution in [0.15, 0.2) is 29.4 Å². The number of benzene rings is 1. The number of hydrogen-bond donors (Lipinski definition) is 3. The van der Waals surface area contributed by atoms with Gasteiger partial charge in [0.1, 0.15) is 0 Å². The maximum atomic E-state index is 8.67. The van der Waals surface area contributed by atoms with E-state index in [9.17, 15) is 0 Å². The molecule has 0 atom stereocenters. The molecule has 1 aromatic carbocycles. The Hall–Kier alpha value is -1.55. The van der Waals surface area contributed by atoms with E-state index in [-0.39, 0.29) is 11.4 Å². The molecule has 4 nitrogen and oxygen atoms in total. The molecule has 0 radical (unpaired) electrons. The zero-order valence-electron chi connectivity index (χ0n) is 10.8. The van der Waals surface area contributed by atoms with Gasteiger partial charge in [-0.15, -0.1) is 0 Å². The van der Waals surface area contributed by atoms with Gasteiger partial charge in [0, 0.05) is 17.6 Å². The van der Waals surface area contributed by atoms with E-state index in [1.807, 2.05) is 18.2 Å². The predicted octanol–water partition coefficient (Wildman–Crippen LogP) is 2.20. The Balaban J connectivity index is 2.01. The smallest absolute Gasteiger partial charge is 0.170 e. The van der Waals surface area contributed by atoms with E-state index in [0.29, 0.717) is 0 Å². The van der Waals surface area contributed by atoms with Gasteiger partial charge in [0.15, 0.2) is 5.84 Å². The largest absolute Gasteiger partial charge is 0.409 e. The Morgan fingerprint density at radius 2 is 2.17 bits per heavy atom. The van der Waals surface area contributed by atoms with Crippen LogP contribution >= 0.6 is 0 Å². The minimum Gasteiger partial charge on any atom is -0.409 e. The fourth-order valence-corrected chi connectivity index (χ4v) is 2.55. The molecule has 2 rings (SSSR count). The van der Waals surface area contributed by atoms with Crippen LogP contribution in [0.3, 0.4) is 0 Å². The quantitative estimate of drug-likeness (QED) is 0.330. The molecule has 0 spiro atoms. The number of hydrogen-bond acceptors (Lipinski definition) is 3. The lowest BCUT2D eigenvalue weighted by atomic mass is 10.00. The van der Waals surface area contributed by atoms with E-state index < -0.39 is 0 Å². The van der Waals surface area contributed by atoms with E-state index in [4.69, 9.17) is 10.9 Å². The van der Waals surface area contributed by atoms with Crippen LogP contribution in [0.25, 0.3) is 0 Å². The van der Waals surface area contributed by atoms with E-state index >= 15 is 0 Å². The molecule has 1 aromatic rings. The van der Waals surface area contributed by atoms with Crippen molar-refractivity contribution in [3.8, 4) is 0 Å². The van der Waals surface area contributed by atoms with Gasteiger partial charge in [-0.2, -0.15) is 0 Å². The molecule has 4 heteroatoms. The van der Waals surface area contributed by atoms with E-state index in [1.54, 1.807) is 0 Å². The van der Waals surface area contributed by atoms with Gasteiger partial charge in [0.25, 0.3) is 0 Å². The topological polar surface area (TPSA) is 70.6 Å². The van der Waals surface area contributed by atoms with Crippen LogP contribution in [0, 0.1) is 0 Å².